The first kappa shape index (κ1) is 15.7. The number of hydrogen-bond acceptors (Lipinski definition) is 5. The number of Topliss-reactive ketones (excluding diaryl/α,β-unsaturated/α-hetero) is 1. The topological polar surface area (TPSA) is 86.5 Å². The maximum Gasteiger partial charge on any atom is 0.343 e. The van der Waals surface area contributed by atoms with Crippen LogP contribution in [0.1, 0.15) is 27.6 Å². The Morgan fingerprint density at radius 3 is 2.50 bits per heavy atom. The molecule has 0 spiro atoms. The van der Waals surface area contributed by atoms with Gasteiger partial charge in [0, 0.05) is 11.6 Å². The second kappa shape index (κ2) is 6.36. The molecule has 0 aliphatic carbocycles. The standard InChI is InChI=1S/C15H10ClNO5/c1-9(18)10-3-2-4-12(7-10)22-15(19)11-5-6-13(16)14(8-11)17(20)21/h2-8H,1H3. The fourth-order valence-corrected chi connectivity index (χ4v) is 1.91. The van der Waals surface area contributed by atoms with Gasteiger partial charge in [0.05, 0.1) is 10.5 Å². The van der Waals surface area contributed by atoms with E-state index in [-0.39, 0.29) is 27.8 Å². The second-order valence-electron chi connectivity index (χ2n) is 4.40. The molecule has 0 amide bonds. The molecule has 0 saturated carbocycles. The Bertz CT molecular complexity index is 772. The van der Waals surface area contributed by atoms with E-state index in [1.54, 1.807) is 12.1 Å². The van der Waals surface area contributed by atoms with E-state index in [4.69, 9.17) is 16.3 Å². The molecule has 0 aliphatic heterocycles. The van der Waals surface area contributed by atoms with E-state index in [1.165, 1.54) is 31.2 Å². The van der Waals surface area contributed by atoms with Crippen LogP contribution in [-0.4, -0.2) is 16.7 Å². The van der Waals surface area contributed by atoms with Crippen LogP contribution in [-0.2, 0) is 0 Å². The molecular formula is C15H10ClNO5. The van der Waals surface area contributed by atoms with Crippen LogP contribution in [0.4, 0.5) is 5.69 Å². The van der Waals surface area contributed by atoms with E-state index in [0.29, 0.717) is 5.56 Å². The molecule has 0 aromatic heterocycles. The van der Waals surface area contributed by atoms with E-state index in [2.05, 4.69) is 0 Å². The molecular weight excluding hydrogens is 310 g/mol. The third-order valence-corrected chi connectivity index (χ3v) is 3.15. The Morgan fingerprint density at radius 2 is 1.86 bits per heavy atom. The van der Waals surface area contributed by atoms with Crippen molar-refractivity contribution in [3.05, 3.63) is 68.7 Å². The number of nitro benzene ring substituents is 1. The molecule has 0 atom stereocenters. The smallest absolute Gasteiger partial charge is 0.343 e. The molecule has 0 bridgehead atoms. The first-order valence-corrected chi connectivity index (χ1v) is 6.53. The van der Waals surface area contributed by atoms with Gasteiger partial charge in [-0.05, 0) is 31.2 Å². The van der Waals surface area contributed by atoms with Crippen molar-refractivity contribution >= 4 is 29.0 Å². The lowest BCUT2D eigenvalue weighted by atomic mass is 10.1. The third kappa shape index (κ3) is 3.48. The summed E-state index contributed by atoms with van der Waals surface area (Å²) in [5.41, 5.74) is 0.00492. The van der Waals surface area contributed by atoms with E-state index >= 15 is 0 Å². The Morgan fingerprint density at radius 1 is 1.14 bits per heavy atom. The first-order chi connectivity index (χ1) is 10.4. The summed E-state index contributed by atoms with van der Waals surface area (Å²) in [5.74, 6) is -0.768. The van der Waals surface area contributed by atoms with Crippen molar-refractivity contribution in [1.29, 1.82) is 0 Å². The number of carbonyl (C=O) groups is 2. The molecule has 0 N–H and O–H groups in total. The molecule has 6 nitrogen and oxygen atoms in total. The molecule has 0 aliphatic rings. The lowest BCUT2D eigenvalue weighted by Crippen LogP contribution is -2.09. The highest BCUT2D eigenvalue weighted by Crippen LogP contribution is 2.26. The number of nitrogens with zero attached hydrogens (tertiary/aromatic N) is 1. The van der Waals surface area contributed by atoms with Gasteiger partial charge in [0.15, 0.2) is 5.78 Å². The van der Waals surface area contributed by atoms with Gasteiger partial charge in [-0.2, -0.15) is 0 Å². The summed E-state index contributed by atoms with van der Waals surface area (Å²) in [6, 6.07) is 9.71. The van der Waals surface area contributed by atoms with Crippen LogP contribution in [0.15, 0.2) is 42.5 Å². The summed E-state index contributed by atoms with van der Waals surface area (Å²) in [7, 11) is 0. The zero-order valence-electron chi connectivity index (χ0n) is 11.4. The van der Waals surface area contributed by atoms with Crippen molar-refractivity contribution in [3.63, 3.8) is 0 Å². The average Bonchev–Trinajstić information content (AvgIpc) is 2.47. The third-order valence-electron chi connectivity index (χ3n) is 2.83. The quantitative estimate of drug-likeness (QED) is 0.282. The van der Waals surface area contributed by atoms with Crippen LogP contribution in [0.25, 0.3) is 0 Å². The van der Waals surface area contributed by atoms with Crippen molar-refractivity contribution in [2.45, 2.75) is 6.92 Å². The number of nitro groups is 1. The van der Waals surface area contributed by atoms with Crippen molar-refractivity contribution in [1.82, 2.24) is 0 Å². The fourth-order valence-electron chi connectivity index (χ4n) is 1.72. The van der Waals surface area contributed by atoms with Gasteiger partial charge in [0.2, 0.25) is 0 Å². The summed E-state index contributed by atoms with van der Waals surface area (Å²) in [6.07, 6.45) is 0. The van der Waals surface area contributed by atoms with Crippen molar-refractivity contribution < 1.29 is 19.2 Å². The van der Waals surface area contributed by atoms with Crippen LogP contribution in [0, 0.1) is 10.1 Å². The number of esters is 1. The Kier molecular flexibility index (Phi) is 4.53. The first-order valence-electron chi connectivity index (χ1n) is 6.15. The van der Waals surface area contributed by atoms with Crippen molar-refractivity contribution in [3.8, 4) is 5.75 Å². The monoisotopic (exact) mass is 319 g/mol. The van der Waals surface area contributed by atoms with Gasteiger partial charge in [0.1, 0.15) is 10.8 Å². The predicted molar refractivity (Wildman–Crippen MR) is 79.5 cm³/mol. The Hall–Kier alpha value is -2.73. The molecule has 112 valence electrons. The largest absolute Gasteiger partial charge is 0.423 e. The number of carbonyl (C=O) groups excluding carboxylic acids is 2. The minimum Gasteiger partial charge on any atom is -0.423 e. The SMILES string of the molecule is CC(=O)c1cccc(OC(=O)c2ccc(Cl)c([N+](=O)[O-])c2)c1. The van der Waals surface area contributed by atoms with Crippen molar-refractivity contribution in [2.75, 3.05) is 0 Å². The minimum atomic E-state index is -0.777. The van der Waals surface area contributed by atoms with Gasteiger partial charge in [-0.15, -0.1) is 0 Å². The highest BCUT2D eigenvalue weighted by molar-refractivity contribution is 6.32. The van der Waals surface area contributed by atoms with Gasteiger partial charge in [0.25, 0.3) is 5.69 Å². The lowest BCUT2D eigenvalue weighted by Gasteiger charge is -2.06. The molecule has 2 rings (SSSR count). The Labute approximate surface area is 130 Å². The highest BCUT2D eigenvalue weighted by atomic mass is 35.5. The number of benzene rings is 2. The lowest BCUT2D eigenvalue weighted by molar-refractivity contribution is -0.384. The minimum absolute atomic E-state index is 0.00988. The van der Waals surface area contributed by atoms with Crippen LogP contribution in [0.5, 0.6) is 5.75 Å². The van der Waals surface area contributed by atoms with Crippen LogP contribution < -0.4 is 4.74 Å². The van der Waals surface area contributed by atoms with Crippen molar-refractivity contribution in [2.24, 2.45) is 0 Å². The number of rotatable bonds is 4. The maximum absolute atomic E-state index is 12.0. The van der Waals surface area contributed by atoms with Crippen LogP contribution in [0.3, 0.4) is 0 Å². The van der Waals surface area contributed by atoms with Gasteiger partial charge in [-0.25, -0.2) is 4.79 Å². The van der Waals surface area contributed by atoms with E-state index in [1.807, 2.05) is 0 Å². The molecule has 0 saturated heterocycles. The molecule has 2 aromatic carbocycles. The molecule has 0 heterocycles. The Balaban J connectivity index is 2.26. The molecule has 2 aromatic rings. The number of ether oxygens (including phenoxy) is 1. The normalized spacial score (nSPS) is 10.1. The number of halogens is 1. The summed E-state index contributed by atoms with van der Waals surface area (Å²) >= 11 is 5.68. The summed E-state index contributed by atoms with van der Waals surface area (Å²) in [5, 5.41) is 10.7. The van der Waals surface area contributed by atoms with Gasteiger partial charge in [-0.1, -0.05) is 23.7 Å². The van der Waals surface area contributed by atoms with E-state index < -0.39 is 10.9 Å². The highest BCUT2D eigenvalue weighted by Gasteiger charge is 2.17. The molecule has 7 heteroatoms. The maximum atomic E-state index is 12.0. The average molecular weight is 320 g/mol. The molecule has 0 unspecified atom stereocenters. The summed E-state index contributed by atoms with van der Waals surface area (Å²) < 4.78 is 5.11. The summed E-state index contributed by atoms with van der Waals surface area (Å²) in [6.45, 7) is 1.39. The zero-order chi connectivity index (χ0) is 16.3. The predicted octanol–water partition coefficient (Wildman–Crippen LogP) is 3.67. The van der Waals surface area contributed by atoms with E-state index in [9.17, 15) is 19.7 Å². The van der Waals surface area contributed by atoms with Gasteiger partial charge >= 0.3 is 5.97 Å². The second-order valence-corrected chi connectivity index (χ2v) is 4.80. The molecule has 22 heavy (non-hydrogen) atoms. The zero-order valence-corrected chi connectivity index (χ0v) is 12.2. The number of ketones is 1. The number of hydrogen-bond donors (Lipinski definition) is 0. The van der Waals surface area contributed by atoms with Gasteiger partial charge < -0.3 is 4.74 Å². The molecule has 0 fully saturated rings. The van der Waals surface area contributed by atoms with Crippen LogP contribution in [0.2, 0.25) is 5.02 Å². The van der Waals surface area contributed by atoms with Crippen LogP contribution >= 0.6 is 11.6 Å². The summed E-state index contributed by atoms with van der Waals surface area (Å²) in [4.78, 5) is 33.4. The van der Waals surface area contributed by atoms with Gasteiger partial charge in [-0.3, -0.25) is 14.9 Å². The molecule has 0 radical (unpaired) electrons. The van der Waals surface area contributed by atoms with E-state index in [0.717, 1.165) is 6.07 Å². The fraction of sp³-hybridized carbons (Fsp3) is 0.0667.